The Bertz CT molecular complexity index is 832. The lowest BCUT2D eigenvalue weighted by Crippen LogP contribution is -2.36. The molecule has 2 aromatic carbocycles. The van der Waals surface area contributed by atoms with E-state index in [2.05, 4.69) is 17.4 Å². The molecule has 0 bridgehead atoms. The summed E-state index contributed by atoms with van der Waals surface area (Å²) in [6, 6.07) is 15.3. The predicted octanol–water partition coefficient (Wildman–Crippen LogP) is 3.40. The molecule has 0 heterocycles. The van der Waals surface area contributed by atoms with Crippen molar-refractivity contribution in [2.75, 3.05) is 20.8 Å². The standard InChI is InChI=1S/C23H27NO5/c1-17(9-10-18-7-5-4-6-8-18)24-22(25)16-29-23(26)14-11-19-15-20(27-2)12-13-21(19)28-3/h4-8,11-15,17H,9-10,16H2,1-3H3,(H,24,25)/b14-11+/t17-/m1/s1. The number of methoxy groups -OCH3 is 2. The molecule has 0 saturated heterocycles. The van der Waals surface area contributed by atoms with Crippen LogP contribution < -0.4 is 14.8 Å². The smallest absolute Gasteiger partial charge is 0.331 e. The number of hydrogen-bond donors (Lipinski definition) is 1. The third kappa shape index (κ3) is 7.70. The number of carbonyl (C=O) groups excluding carboxylic acids is 2. The van der Waals surface area contributed by atoms with E-state index in [1.54, 1.807) is 38.5 Å². The molecular weight excluding hydrogens is 370 g/mol. The number of esters is 1. The van der Waals surface area contributed by atoms with E-state index in [4.69, 9.17) is 14.2 Å². The second-order valence-electron chi connectivity index (χ2n) is 6.54. The first-order chi connectivity index (χ1) is 14.0. The van der Waals surface area contributed by atoms with Gasteiger partial charge in [-0.2, -0.15) is 0 Å². The maximum Gasteiger partial charge on any atom is 0.331 e. The van der Waals surface area contributed by atoms with Crippen LogP contribution >= 0.6 is 0 Å². The van der Waals surface area contributed by atoms with Crippen LogP contribution in [0.25, 0.3) is 6.08 Å². The molecule has 0 aliphatic carbocycles. The summed E-state index contributed by atoms with van der Waals surface area (Å²) in [7, 11) is 3.10. The van der Waals surface area contributed by atoms with Gasteiger partial charge in [0, 0.05) is 17.7 Å². The van der Waals surface area contributed by atoms with Crippen LogP contribution in [0.15, 0.2) is 54.6 Å². The Hall–Kier alpha value is -3.28. The van der Waals surface area contributed by atoms with Gasteiger partial charge < -0.3 is 19.5 Å². The van der Waals surface area contributed by atoms with E-state index in [9.17, 15) is 9.59 Å². The summed E-state index contributed by atoms with van der Waals surface area (Å²) in [6.45, 7) is 1.60. The highest BCUT2D eigenvalue weighted by atomic mass is 16.5. The monoisotopic (exact) mass is 397 g/mol. The zero-order valence-electron chi connectivity index (χ0n) is 17.0. The van der Waals surface area contributed by atoms with E-state index in [-0.39, 0.29) is 18.6 Å². The summed E-state index contributed by atoms with van der Waals surface area (Å²) in [5, 5.41) is 2.84. The molecule has 0 saturated carbocycles. The summed E-state index contributed by atoms with van der Waals surface area (Å²) in [6.07, 6.45) is 4.49. The molecule has 0 radical (unpaired) electrons. The van der Waals surface area contributed by atoms with Gasteiger partial charge in [-0.3, -0.25) is 4.79 Å². The van der Waals surface area contributed by atoms with Crippen molar-refractivity contribution in [3.8, 4) is 11.5 Å². The lowest BCUT2D eigenvalue weighted by atomic mass is 10.1. The summed E-state index contributed by atoms with van der Waals surface area (Å²) < 4.78 is 15.4. The largest absolute Gasteiger partial charge is 0.497 e. The van der Waals surface area contributed by atoms with Crippen molar-refractivity contribution in [2.45, 2.75) is 25.8 Å². The number of aryl methyl sites for hydroxylation is 1. The third-order valence-corrected chi connectivity index (χ3v) is 4.30. The van der Waals surface area contributed by atoms with Gasteiger partial charge in [-0.05, 0) is 49.6 Å². The molecule has 2 rings (SSSR count). The predicted molar refractivity (Wildman–Crippen MR) is 112 cm³/mol. The highest BCUT2D eigenvalue weighted by molar-refractivity contribution is 5.89. The van der Waals surface area contributed by atoms with Crippen LogP contribution in [0.2, 0.25) is 0 Å². The van der Waals surface area contributed by atoms with Gasteiger partial charge in [-0.15, -0.1) is 0 Å². The number of benzene rings is 2. The minimum absolute atomic E-state index is 0.0157. The Morgan fingerprint density at radius 1 is 1.07 bits per heavy atom. The van der Waals surface area contributed by atoms with Crippen molar-refractivity contribution < 1.29 is 23.8 Å². The van der Waals surface area contributed by atoms with Gasteiger partial charge in [0.05, 0.1) is 14.2 Å². The molecule has 0 spiro atoms. The Morgan fingerprint density at radius 2 is 1.83 bits per heavy atom. The number of ether oxygens (including phenoxy) is 3. The fourth-order valence-corrected chi connectivity index (χ4v) is 2.73. The van der Waals surface area contributed by atoms with Gasteiger partial charge in [-0.25, -0.2) is 4.79 Å². The molecule has 0 unspecified atom stereocenters. The second kappa shape index (κ2) is 11.5. The van der Waals surface area contributed by atoms with E-state index in [0.29, 0.717) is 17.1 Å². The molecule has 6 nitrogen and oxygen atoms in total. The van der Waals surface area contributed by atoms with Crippen LogP contribution in [0.1, 0.15) is 24.5 Å². The Kier molecular flexibility index (Phi) is 8.76. The van der Waals surface area contributed by atoms with E-state index in [1.807, 2.05) is 25.1 Å². The van der Waals surface area contributed by atoms with Crippen molar-refractivity contribution in [1.29, 1.82) is 0 Å². The van der Waals surface area contributed by atoms with Crippen molar-refractivity contribution in [2.24, 2.45) is 0 Å². The van der Waals surface area contributed by atoms with Crippen LogP contribution in [-0.4, -0.2) is 38.7 Å². The van der Waals surface area contributed by atoms with Gasteiger partial charge in [-0.1, -0.05) is 30.3 Å². The van der Waals surface area contributed by atoms with Gasteiger partial charge in [0.1, 0.15) is 11.5 Å². The molecule has 0 aliphatic rings. The molecule has 6 heteroatoms. The Balaban J connectivity index is 1.76. The number of hydrogen-bond acceptors (Lipinski definition) is 5. The number of carbonyl (C=O) groups is 2. The van der Waals surface area contributed by atoms with E-state index >= 15 is 0 Å². The zero-order chi connectivity index (χ0) is 21.1. The molecule has 0 aromatic heterocycles. The van der Waals surface area contributed by atoms with Gasteiger partial charge in [0.25, 0.3) is 5.91 Å². The van der Waals surface area contributed by atoms with Crippen molar-refractivity contribution >= 4 is 18.0 Å². The number of nitrogens with one attached hydrogen (secondary N) is 1. The quantitative estimate of drug-likeness (QED) is 0.491. The van der Waals surface area contributed by atoms with E-state index < -0.39 is 5.97 Å². The van der Waals surface area contributed by atoms with Gasteiger partial charge in [0.15, 0.2) is 6.61 Å². The maximum atomic E-state index is 12.0. The molecule has 154 valence electrons. The lowest BCUT2D eigenvalue weighted by molar-refractivity contribution is -0.144. The van der Waals surface area contributed by atoms with Crippen LogP contribution in [-0.2, 0) is 20.7 Å². The minimum Gasteiger partial charge on any atom is -0.497 e. The topological polar surface area (TPSA) is 73.9 Å². The molecule has 1 atom stereocenters. The first-order valence-corrected chi connectivity index (χ1v) is 9.42. The highest BCUT2D eigenvalue weighted by Crippen LogP contribution is 2.25. The highest BCUT2D eigenvalue weighted by Gasteiger charge is 2.10. The molecular formula is C23H27NO5. The fraction of sp³-hybridized carbons (Fsp3) is 0.304. The van der Waals surface area contributed by atoms with Gasteiger partial charge in [0.2, 0.25) is 0 Å². The SMILES string of the molecule is COc1ccc(OC)c(/C=C/C(=O)OCC(=O)N[C@H](C)CCc2ccccc2)c1. The third-order valence-electron chi connectivity index (χ3n) is 4.30. The van der Waals surface area contributed by atoms with E-state index in [0.717, 1.165) is 12.8 Å². The lowest BCUT2D eigenvalue weighted by Gasteiger charge is -2.13. The second-order valence-corrected chi connectivity index (χ2v) is 6.54. The van der Waals surface area contributed by atoms with Crippen molar-refractivity contribution in [3.05, 3.63) is 65.7 Å². The fourth-order valence-electron chi connectivity index (χ4n) is 2.73. The van der Waals surface area contributed by atoms with Crippen LogP contribution in [0.5, 0.6) is 11.5 Å². The molecule has 0 aliphatic heterocycles. The van der Waals surface area contributed by atoms with Gasteiger partial charge >= 0.3 is 5.97 Å². The summed E-state index contributed by atoms with van der Waals surface area (Å²) in [5.74, 6) is 0.302. The summed E-state index contributed by atoms with van der Waals surface area (Å²) in [4.78, 5) is 23.9. The first kappa shape index (κ1) is 22.0. The number of amides is 1. The molecule has 1 amide bonds. The number of rotatable bonds is 10. The Morgan fingerprint density at radius 3 is 2.52 bits per heavy atom. The van der Waals surface area contributed by atoms with E-state index in [1.165, 1.54) is 11.6 Å². The maximum absolute atomic E-state index is 12.0. The van der Waals surface area contributed by atoms with Crippen molar-refractivity contribution in [1.82, 2.24) is 5.32 Å². The summed E-state index contributed by atoms with van der Waals surface area (Å²) >= 11 is 0. The average molecular weight is 397 g/mol. The van der Waals surface area contributed by atoms with Crippen LogP contribution in [0, 0.1) is 0 Å². The zero-order valence-corrected chi connectivity index (χ0v) is 17.0. The summed E-state index contributed by atoms with van der Waals surface area (Å²) in [5.41, 5.74) is 1.89. The van der Waals surface area contributed by atoms with Crippen LogP contribution in [0.3, 0.4) is 0 Å². The first-order valence-electron chi connectivity index (χ1n) is 9.42. The average Bonchev–Trinajstić information content (AvgIpc) is 2.75. The normalized spacial score (nSPS) is 11.7. The molecule has 29 heavy (non-hydrogen) atoms. The Labute approximate surface area is 171 Å². The molecule has 0 fully saturated rings. The minimum atomic E-state index is -0.609. The van der Waals surface area contributed by atoms with Crippen LogP contribution in [0.4, 0.5) is 0 Å². The molecule has 1 N–H and O–H groups in total. The molecule has 2 aromatic rings. The van der Waals surface area contributed by atoms with Crippen molar-refractivity contribution in [3.63, 3.8) is 0 Å².